The summed E-state index contributed by atoms with van der Waals surface area (Å²) in [7, 11) is 0. The van der Waals surface area contributed by atoms with Crippen molar-refractivity contribution in [3.8, 4) is 11.3 Å². The van der Waals surface area contributed by atoms with Gasteiger partial charge >= 0.3 is 0 Å². The highest BCUT2D eigenvalue weighted by Gasteiger charge is 2.15. The van der Waals surface area contributed by atoms with Crippen LogP contribution in [0.25, 0.3) is 22.2 Å². The van der Waals surface area contributed by atoms with Crippen LogP contribution in [0.2, 0.25) is 0 Å². The molecule has 0 saturated carbocycles. The molecule has 0 aliphatic carbocycles. The number of nitrogens with one attached hydrogen (secondary N) is 1. The smallest absolute Gasteiger partial charge is 0.271 e. The Labute approximate surface area is 193 Å². The van der Waals surface area contributed by atoms with E-state index in [4.69, 9.17) is 0 Å². The van der Waals surface area contributed by atoms with Crippen LogP contribution in [0.1, 0.15) is 58.7 Å². The monoisotopic (exact) mass is 438 g/mol. The quantitative estimate of drug-likeness (QED) is 0.309. The summed E-state index contributed by atoms with van der Waals surface area (Å²) in [4.78, 5) is 37.8. The van der Waals surface area contributed by atoms with E-state index in [1.54, 1.807) is 19.3 Å². The van der Waals surface area contributed by atoms with Gasteiger partial charge in [-0.2, -0.15) is 0 Å². The van der Waals surface area contributed by atoms with Crippen LogP contribution in [0.3, 0.4) is 0 Å². The maximum Gasteiger partial charge on any atom is 0.271 e. The van der Waals surface area contributed by atoms with Crippen molar-refractivity contribution >= 4 is 22.6 Å². The third kappa shape index (κ3) is 5.12. The standard InChI is InChI=1S/C27H26N4O2/c1-3-4-12-28-27(33)26-17-30-25(16-31-26)20-10-11-24-22(14-20)21(23(15-29-24)18(2)32)13-19-8-6-5-7-9-19/h5-11,14-17H,3-4,12-13H2,1-2H3,(H,28,33). The molecule has 33 heavy (non-hydrogen) atoms. The second-order valence-electron chi connectivity index (χ2n) is 8.00. The number of Topliss-reactive ketones (excluding diaryl/α,β-unsaturated/α-hetero) is 1. The lowest BCUT2D eigenvalue weighted by Crippen LogP contribution is -2.25. The normalized spacial score (nSPS) is 10.8. The number of rotatable bonds is 8. The fourth-order valence-corrected chi connectivity index (χ4v) is 3.76. The van der Waals surface area contributed by atoms with E-state index in [0.717, 1.165) is 40.4 Å². The molecule has 2 aromatic carbocycles. The molecule has 2 aromatic heterocycles. The third-order valence-corrected chi connectivity index (χ3v) is 5.58. The van der Waals surface area contributed by atoms with Crippen LogP contribution in [-0.4, -0.2) is 33.2 Å². The highest BCUT2D eigenvalue weighted by molar-refractivity contribution is 6.01. The van der Waals surface area contributed by atoms with E-state index in [1.165, 1.54) is 6.20 Å². The lowest BCUT2D eigenvalue weighted by Gasteiger charge is -2.12. The third-order valence-electron chi connectivity index (χ3n) is 5.58. The van der Waals surface area contributed by atoms with Crippen molar-refractivity contribution in [3.05, 3.63) is 89.5 Å². The summed E-state index contributed by atoms with van der Waals surface area (Å²) in [5, 5.41) is 3.76. The molecule has 166 valence electrons. The summed E-state index contributed by atoms with van der Waals surface area (Å²) in [6, 6.07) is 15.9. The summed E-state index contributed by atoms with van der Waals surface area (Å²) in [6.07, 6.45) is 7.33. The van der Waals surface area contributed by atoms with Gasteiger partial charge in [0.15, 0.2) is 5.78 Å². The number of pyridine rings is 1. The van der Waals surface area contributed by atoms with Crippen LogP contribution in [0.4, 0.5) is 0 Å². The number of aromatic nitrogens is 3. The Kier molecular flexibility index (Phi) is 6.83. The van der Waals surface area contributed by atoms with Gasteiger partial charge in [0.1, 0.15) is 5.69 Å². The number of hydrogen-bond acceptors (Lipinski definition) is 5. The minimum Gasteiger partial charge on any atom is -0.351 e. The number of carbonyl (C=O) groups excluding carboxylic acids is 2. The highest BCUT2D eigenvalue weighted by Crippen LogP contribution is 2.28. The van der Waals surface area contributed by atoms with Gasteiger partial charge in [0, 0.05) is 29.3 Å². The average molecular weight is 439 g/mol. The number of unbranched alkanes of at least 4 members (excludes halogenated alkanes) is 1. The van der Waals surface area contributed by atoms with Gasteiger partial charge in [-0.15, -0.1) is 0 Å². The summed E-state index contributed by atoms with van der Waals surface area (Å²) >= 11 is 0. The van der Waals surface area contributed by atoms with Crippen molar-refractivity contribution < 1.29 is 9.59 Å². The predicted octanol–water partition coefficient (Wildman–Crippen LogP) is 5.02. The molecule has 4 aromatic rings. The number of nitrogens with zero attached hydrogens (tertiary/aromatic N) is 3. The van der Waals surface area contributed by atoms with Gasteiger partial charge in [-0.1, -0.05) is 49.7 Å². The second-order valence-corrected chi connectivity index (χ2v) is 8.00. The van der Waals surface area contributed by atoms with Crippen LogP contribution >= 0.6 is 0 Å². The summed E-state index contributed by atoms with van der Waals surface area (Å²) in [5.41, 5.74) is 5.30. The molecule has 0 unspecified atom stereocenters. The zero-order valence-corrected chi connectivity index (χ0v) is 18.8. The molecule has 0 aliphatic heterocycles. The number of fused-ring (bicyclic) bond motifs is 1. The summed E-state index contributed by atoms with van der Waals surface area (Å²) < 4.78 is 0. The molecule has 0 atom stereocenters. The molecule has 2 heterocycles. The van der Waals surface area contributed by atoms with Gasteiger partial charge in [-0.3, -0.25) is 19.6 Å². The minimum absolute atomic E-state index is 0.0148. The van der Waals surface area contributed by atoms with Crippen molar-refractivity contribution in [2.75, 3.05) is 6.54 Å². The van der Waals surface area contributed by atoms with Crippen molar-refractivity contribution in [3.63, 3.8) is 0 Å². The predicted molar refractivity (Wildman–Crippen MR) is 129 cm³/mol. The average Bonchev–Trinajstić information content (AvgIpc) is 2.84. The summed E-state index contributed by atoms with van der Waals surface area (Å²) in [5.74, 6) is -0.236. The van der Waals surface area contributed by atoms with Crippen molar-refractivity contribution in [1.82, 2.24) is 20.3 Å². The lowest BCUT2D eigenvalue weighted by molar-refractivity contribution is 0.0946. The molecule has 1 amide bonds. The SMILES string of the molecule is CCCCNC(=O)c1cnc(-c2ccc3ncc(C(C)=O)c(Cc4ccccc4)c3c2)cn1. The fourth-order valence-electron chi connectivity index (χ4n) is 3.76. The molecule has 0 bridgehead atoms. The number of hydrogen-bond donors (Lipinski definition) is 1. The van der Waals surface area contributed by atoms with Gasteiger partial charge in [-0.05, 0) is 43.0 Å². The molecule has 6 heteroatoms. The van der Waals surface area contributed by atoms with Crippen molar-refractivity contribution in [2.24, 2.45) is 0 Å². The number of carbonyl (C=O) groups is 2. The van der Waals surface area contributed by atoms with Crippen LogP contribution in [0.15, 0.2) is 67.1 Å². The Morgan fingerprint density at radius 1 is 0.939 bits per heavy atom. The molecular weight excluding hydrogens is 412 g/mol. The first kappa shape index (κ1) is 22.3. The van der Waals surface area contributed by atoms with Crippen molar-refractivity contribution in [2.45, 2.75) is 33.1 Å². The van der Waals surface area contributed by atoms with E-state index in [1.807, 2.05) is 36.4 Å². The molecule has 0 radical (unpaired) electrons. The van der Waals surface area contributed by atoms with E-state index < -0.39 is 0 Å². The Hall–Kier alpha value is -3.93. The van der Waals surface area contributed by atoms with E-state index in [0.29, 0.717) is 29.9 Å². The first-order valence-electron chi connectivity index (χ1n) is 11.1. The van der Waals surface area contributed by atoms with Gasteiger partial charge in [0.2, 0.25) is 0 Å². The van der Waals surface area contributed by atoms with Crippen LogP contribution < -0.4 is 5.32 Å². The summed E-state index contributed by atoms with van der Waals surface area (Å²) in [6.45, 7) is 4.26. The Morgan fingerprint density at radius 2 is 1.76 bits per heavy atom. The molecule has 0 saturated heterocycles. The molecule has 4 rings (SSSR count). The van der Waals surface area contributed by atoms with Crippen LogP contribution in [0.5, 0.6) is 0 Å². The second kappa shape index (κ2) is 10.1. The minimum atomic E-state index is -0.221. The van der Waals surface area contributed by atoms with Gasteiger partial charge in [-0.25, -0.2) is 4.98 Å². The first-order valence-corrected chi connectivity index (χ1v) is 11.1. The number of benzene rings is 2. The highest BCUT2D eigenvalue weighted by atomic mass is 16.1. The van der Waals surface area contributed by atoms with Crippen LogP contribution in [-0.2, 0) is 6.42 Å². The zero-order valence-electron chi connectivity index (χ0n) is 18.8. The Balaban J connectivity index is 1.70. The first-order chi connectivity index (χ1) is 16.1. The molecule has 6 nitrogen and oxygen atoms in total. The Morgan fingerprint density at radius 3 is 2.45 bits per heavy atom. The largest absolute Gasteiger partial charge is 0.351 e. The molecule has 0 spiro atoms. The van der Waals surface area contributed by atoms with E-state index in [2.05, 4.69) is 39.3 Å². The lowest BCUT2D eigenvalue weighted by atomic mass is 9.94. The zero-order chi connectivity index (χ0) is 23.2. The van der Waals surface area contributed by atoms with E-state index in [-0.39, 0.29) is 11.7 Å². The van der Waals surface area contributed by atoms with Crippen LogP contribution in [0, 0.1) is 0 Å². The molecule has 0 aliphatic rings. The molecule has 1 N–H and O–H groups in total. The molecular formula is C27H26N4O2. The topological polar surface area (TPSA) is 84.8 Å². The number of ketones is 1. The van der Waals surface area contributed by atoms with Crippen molar-refractivity contribution in [1.29, 1.82) is 0 Å². The van der Waals surface area contributed by atoms with E-state index >= 15 is 0 Å². The fraction of sp³-hybridized carbons (Fsp3) is 0.222. The van der Waals surface area contributed by atoms with Gasteiger partial charge in [0.25, 0.3) is 5.91 Å². The van der Waals surface area contributed by atoms with E-state index in [9.17, 15) is 9.59 Å². The molecule has 0 fully saturated rings. The maximum atomic E-state index is 12.4. The maximum absolute atomic E-state index is 12.4. The van der Waals surface area contributed by atoms with Gasteiger partial charge in [0.05, 0.1) is 23.6 Å². The van der Waals surface area contributed by atoms with Gasteiger partial charge < -0.3 is 5.32 Å². The Bertz CT molecular complexity index is 1290. The number of amides is 1.